The van der Waals surface area contributed by atoms with Crippen LogP contribution in [0.1, 0.15) is 20.8 Å². The molecule has 0 aliphatic heterocycles. The Morgan fingerprint density at radius 3 is 2.48 bits per heavy atom. The molecule has 2 N–H and O–H groups in total. The van der Waals surface area contributed by atoms with Crippen molar-refractivity contribution in [1.82, 2.24) is 5.32 Å². The van der Waals surface area contributed by atoms with E-state index in [1.54, 1.807) is 29.6 Å². The van der Waals surface area contributed by atoms with Crippen LogP contribution in [0.15, 0.2) is 58.8 Å². The number of carbonyl (C=O) groups excluding carboxylic acids is 1. The summed E-state index contributed by atoms with van der Waals surface area (Å²) in [5.41, 5.74) is 1.60. The van der Waals surface area contributed by atoms with Crippen LogP contribution in [0.3, 0.4) is 0 Å². The highest BCUT2D eigenvalue weighted by Gasteiger charge is 2.30. The molecule has 0 fully saturated rings. The van der Waals surface area contributed by atoms with Gasteiger partial charge >= 0.3 is 5.97 Å². The number of sulfonamides is 1. The third kappa shape index (κ3) is 5.65. The molecule has 33 heavy (non-hydrogen) atoms. The number of hydrogen-bond donors (Lipinski definition) is 2. The van der Waals surface area contributed by atoms with E-state index in [0.717, 1.165) is 21.2 Å². The van der Waals surface area contributed by atoms with Crippen LogP contribution in [0, 0.1) is 6.92 Å². The van der Waals surface area contributed by atoms with Crippen LogP contribution < -0.4 is 14.4 Å². The summed E-state index contributed by atoms with van der Waals surface area (Å²) >= 11 is 7.24. The predicted octanol–water partition coefficient (Wildman–Crippen LogP) is 3.93. The highest BCUT2D eigenvalue weighted by Crippen LogP contribution is 2.37. The molecular weight excluding hydrogens is 488 g/mol. The summed E-state index contributed by atoms with van der Waals surface area (Å²) in [7, 11) is -2.79. The predicted molar refractivity (Wildman–Crippen MR) is 127 cm³/mol. The molecule has 0 radical (unpaired) electrons. The van der Waals surface area contributed by atoms with Gasteiger partial charge in [-0.2, -0.15) is 0 Å². The number of ether oxygens (including phenoxy) is 1. The number of para-hydroxylation sites is 1. The van der Waals surface area contributed by atoms with E-state index in [1.165, 1.54) is 31.4 Å². The molecule has 1 amide bonds. The minimum Gasteiger partial charge on any atom is -0.493 e. The average Bonchev–Trinajstić information content (AvgIpc) is 3.25. The largest absolute Gasteiger partial charge is 0.493 e. The average molecular weight is 509 g/mol. The molecule has 8 nitrogen and oxygen atoms in total. The molecule has 0 aliphatic rings. The second-order valence-corrected chi connectivity index (χ2v) is 10.2. The number of anilines is 1. The van der Waals surface area contributed by atoms with Crippen molar-refractivity contribution in [3.63, 3.8) is 0 Å². The number of methoxy groups -OCH3 is 1. The number of halogens is 1. The Morgan fingerprint density at radius 1 is 1.18 bits per heavy atom. The number of carbonyl (C=O) groups is 2. The number of aromatic carboxylic acids is 1. The Morgan fingerprint density at radius 2 is 1.88 bits per heavy atom. The van der Waals surface area contributed by atoms with Gasteiger partial charge in [-0.05, 0) is 48.2 Å². The number of aryl methyl sites for hydroxylation is 1. The number of benzene rings is 2. The normalized spacial score (nSPS) is 11.1. The maximum absolute atomic E-state index is 13.5. The van der Waals surface area contributed by atoms with Gasteiger partial charge in [0.1, 0.15) is 11.4 Å². The molecule has 11 heteroatoms. The molecule has 0 atom stereocenters. The summed E-state index contributed by atoms with van der Waals surface area (Å²) < 4.78 is 33.2. The zero-order chi connectivity index (χ0) is 24.2. The van der Waals surface area contributed by atoms with Crippen molar-refractivity contribution in [2.45, 2.75) is 18.4 Å². The highest BCUT2D eigenvalue weighted by molar-refractivity contribution is 7.92. The van der Waals surface area contributed by atoms with Crippen LogP contribution in [-0.4, -0.2) is 39.1 Å². The molecule has 0 bridgehead atoms. The van der Waals surface area contributed by atoms with E-state index in [4.69, 9.17) is 21.4 Å². The van der Waals surface area contributed by atoms with Crippen LogP contribution in [0.5, 0.6) is 5.75 Å². The molecule has 0 unspecified atom stereocenters. The summed E-state index contributed by atoms with van der Waals surface area (Å²) in [6.45, 7) is 1.35. The smallest absolute Gasteiger partial charge is 0.345 e. The third-order valence-corrected chi connectivity index (χ3v) is 7.71. The molecule has 0 spiro atoms. The minimum atomic E-state index is -4.15. The van der Waals surface area contributed by atoms with E-state index in [0.29, 0.717) is 5.56 Å². The molecule has 2 aromatic carbocycles. The summed E-state index contributed by atoms with van der Waals surface area (Å²) in [6, 6.07) is 12.3. The molecule has 1 aromatic heterocycles. The standard InChI is InChI=1S/C22H21ClN2O6S2/c1-14-6-8-16(9-7-14)33(29,30)25(18-5-3-4-17(23)21(18)31-2)12-20(26)24-11-15-10-19(22(27)28)32-13-15/h3-10,13H,11-12H2,1-2H3,(H,24,26)(H,27,28). The summed E-state index contributed by atoms with van der Waals surface area (Å²) in [5, 5.41) is 13.5. The van der Waals surface area contributed by atoms with Gasteiger partial charge in [-0.15, -0.1) is 11.3 Å². The molecule has 174 valence electrons. The fourth-order valence-corrected chi connectivity index (χ4v) is 5.42. The number of carboxylic acids is 1. The molecule has 0 saturated heterocycles. The number of amides is 1. The van der Waals surface area contributed by atoms with Crippen molar-refractivity contribution in [2.24, 2.45) is 0 Å². The first kappa shape index (κ1) is 24.6. The van der Waals surface area contributed by atoms with Crippen molar-refractivity contribution in [2.75, 3.05) is 18.0 Å². The van der Waals surface area contributed by atoms with E-state index < -0.39 is 28.4 Å². The van der Waals surface area contributed by atoms with Crippen LogP contribution >= 0.6 is 22.9 Å². The van der Waals surface area contributed by atoms with Crippen molar-refractivity contribution < 1.29 is 27.9 Å². The first-order chi connectivity index (χ1) is 15.6. The van der Waals surface area contributed by atoms with Gasteiger partial charge in [0, 0.05) is 6.54 Å². The lowest BCUT2D eigenvalue weighted by Gasteiger charge is -2.26. The van der Waals surface area contributed by atoms with E-state index in [-0.39, 0.29) is 32.8 Å². The van der Waals surface area contributed by atoms with Gasteiger partial charge in [-0.3, -0.25) is 9.10 Å². The monoisotopic (exact) mass is 508 g/mol. The fourth-order valence-electron chi connectivity index (χ4n) is 3.00. The van der Waals surface area contributed by atoms with Crippen LogP contribution in [0.4, 0.5) is 5.69 Å². The van der Waals surface area contributed by atoms with Gasteiger partial charge in [0.15, 0.2) is 5.75 Å². The molecule has 0 aliphatic carbocycles. The van der Waals surface area contributed by atoms with Crippen molar-refractivity contribution in [3.8, 4) is 5.75 Å². The van der Waals surface area contributed by atoms with Crippen LogP contribution in [-0.2, 0) is 21.4 Å². The number of thiophene rings is 1. The van der Waals surface area contributed by atoms with Crippen molar-refractivity contribution in [3.05, 3.63) is 74.9 Å². The minimum absolute atomic E-state index is 0.00635. The summed E-state index contributed by atoms with van der Waals surface area (Å²) in [5.74, 6) is -1.52. The highest BCUT2D eigenvalue weighted by atomic mass is 35.5. The third-order valence-electron chi connectivity index (χ3n) is 4.67. The number of hydrogen-bond acceptors (Lipinski definition) is 6. The molecule has 1 heterocycles. The Labute approximate surface area is 200 Å². The van der Waals surface area contributed by atoms with Gasteiger partial charge in [0.05, 0.1) is 22.7 Å². The SMILES string of the molecule is COc1c(Cl)cccc1N(CC(=O)NCc1csc(C(=O)O)c1)S(=O)(=O)c1ccc(C)cc1. The van der Waals surface area contributed by atoms with Gasteiger partial charge in [-0.25, -0.2) is 13.2 Å². The molecule has 0 saturated carbocycles. The van der Waals surface area contributed by atoms with E-state index >= 15 is 0 Å². The van der Waals surface area contributed by atoms with E-state index in [9.17, 15) is 18.0 Å². The zero-order valence-electron chi connectivity index (χ0n) is 17.7. The number of nitrogens with zero attached hydrogens (tertiary/aromatic N) is 1. The Kier molecular flexibility index (Phi) is 7.62. The first-order valence-electron chi connectivity index (χ1n) is 9.62. The van der Waals surface area contributed by atoms with Crippen molar-refractivity contribution >= 4 is 50.5 Å². The van der Waals surface area contributed by atoms with Gasteiger partial charge in [-0.1, -0.05) is 35.4 Å². The zero-order valence-corrected chi connectivity index (χ0v) is 20.1. The lowest BCUT2D eigenvalue weighted by molar-refractivity contribution is -0.119. The van der Waals surface area contributed by atoms with Gasteiger partial charge in [0.2, 0.25) is 5.91 Å². The first-order valence-corrected chi connectivity index (χ1v) is 12.3. The number of rotatable bonds is 9. The van der Waals surface area contributed by atoms with Crippen LogP contribution in [0.2, 0.25) is 5.02 Å². The lowest BCUT2D eigenvalue weighted by atomic mass is 10.2. The molecular formula is C22H21ClN2O6S2. The maximum Gasteiger partial charge on any atom is 0.345 e. The number of carboxylic acid groups (broad SMARTS) is 1. The van der Waals surface area contributed by atoms with Gasteiger partial charge < -0.3 is 15.2 Å². The Bertz CT molecular complexity index is 1270. The fraction of sp³-hybridized carbons (Fsp3) is 0.182. The maximum atomic E-state index is 13.5. The topological polar surface area (TPSA) is 113 Å². The molecule has 3 aromatic rings. The summed E-state index contributed by atoms with van der Waals surface area (Å²) in [6.07, 6.45) is 0. The van der Waals surface area contributed by atoms with E-state index in [2.05, 4.69) is 5.32 Å². The summed E-state index contributed by atoms with van der Waals surface area (Å²) in [4.78, 5) is 23.9. The van der Waals surface area contributed by atoms with E-state index in [1.807, 2.05) is 6.92 Å². The van der Waals surface area contributed by atoms with Gasteiger partial charge in [0.25, 0.3) is 10.0 Å². The number of nitrogens with one attached hydrogen (secondary N) is 1. The van der Waals surface area contributed by atoms with Crippen molar-refractivity contribution in [1.29, 1.82) is 0 Å². The molecule has 3 rings (SSSR count). The Balaban J connectivity index is 1.91. The Hall–Kier alpha value is -3.08. The van der Waals surface area contributed by atoms with Crippen LogP contribution in [0.25, 0.3) is 0 Å². The lowest BCUT2D eigenvalue weighted by Crippen LogP contribution is -2.40. The second-order valence-electron chi connectivity index (χ2n) is 7.02. The second kappa shape index (κ2) is 10.2. The quantitative estimate of drug-likeness (QED) is 0.453.